The number of aromatic amines is 1. The van der Waals surface area contributed by atoms with Crippen LogP contribution in [0.4, 0.5) is 9.18 Å². The van der Waals surface area contributed by atoms with Crippen LogP contribution in [0.5, 0.6) is 0 Å². The lowest BCUT2D eigenvalue weighted by Crippen LogP contribution is -2.51. The van der Waals surface area contributed by atoms with Crippen molar-refractivity contribution in [3.05, 3.63) is 33.2 Å². The number of pyridine rings is 1. The summed E-state index contributed by atoms with van der Waals surface area (Å²) in [5, 5.41) is 0.274. The van der Waals surface area contributed by atoms with Crippen molar-refractivity contribution in [1.82, 2.24) is 9.88 Å². The van der Waals surface area contributed by atoms with Crippen molar-refractivity contribution in [2.45, 2.75) is 19.0 Å². The molecule has 1 aromatic rings. The third-order valence-corrected chi connectivity index (χ3v) is 3.87. The van der Waals surface area contributed by atoms with Gasteiger partial charge >= 0.3 is 6.03 Å². The number of hydrogen-bond donors (Lipinski definition) is 2. The van der Waals surface area contributed by atoms with E-state index < -0.39 is 23.2 Å². The van der Waals surface area contributed by atoms with E-state index in [-0.39, 0.29) is 30.1 Å². The van der Waals surface area contributed by atoms with Gasteiger partial charge in [-0.3, -0.25) is 4.79 Å². The number of piperidine rings is 1. The maximum absolute atomic E-state index is 15.1. The lowest BCUT2D eigenvalue weighted by Gasteiger charge is -2.40. The first kappa shape index (κ1) is 13.9. The highest BCUT2D eigenvalue weighted by molar-refractivity contribution is 6.30. The summed E-state index contributed by atoms with van der Waals surface area (Å²) < 4.78 is 15.1. The second kappa shape index (κ2) is 4.85. The van der Waals surface area contributed by atoms with E-state index in [2.05, 4.69) is 4.98 Å². The number of carbonyl (C=O) groups excluding carboxylic acids is 1. The number of H-pyrrole nitrogens is 1. The average Bonchev–Trinajstić information content (AvgIpc) is 2.35. The Kier molecular flexibility index (Phi) is 3.54. The van der Waals surface area contributed by atoms with Crippen LogP contribution in [-0.2, 0) is 5.67 Å². The van der Waals surface area contributed by atoms with E-state index in [1.54, 1.807) is 6.92 Å². The Morgan fingerprint density at radius 3 is 2.95 bits per heavy atom. The van der Waals surface area contributed by atoms with E-state index in [1.807, 2.05) is 0 Å². The molecule has 104 valence electrons. The largest absolute Gasteiger partial charge is 0.351 e. The molecular formula is C12H15ClFN3O2. The van der Waals surface area contributed by atoms with Crippen LogP contribution >= 0.6 is 11.6 Å². The van der Waals surface area contributed by atoms with Gasteiger partial charge in [-0.05, 0) is 6.07 Å². The second-order valence-corrected chi connectivity index (χ2v) is 5.29. The Bertz CT molecular complexity index is 562. The summed E-state index contributed by atoms with van der Waals surface area (Å²) in [6, 6.07) is 0.769. The van der Waals surface area contributed by atoms with Gasteiger partial charge in [-0.1, -0.05) is 18.5 Å². The Balaban J connectivity index is 2.36. The number of amides is 2. The lowest BCUT2D eigenvalue weighted by molar-refractivity contribution is 0.0155. The van der Waals surface area contributed by atoms with E-state index in [0.717, 1.165) is 0 Å². The molecule has 2 atom stereocenters. The van der Waals surface area contributed by atoms with Crippen LogP contribution in [0, 0.1) is 5.92 Å². The average molecular weight is 288 g/mol. The second-order valence-electron chi connectivity index (χ2n) is 4.86. The fourth-order valence-electron chi connectivity index (χ4n) is 2.48. The van der Waals surface area contributed by atoms with E-state index >= 15 is 4.39 Å². The lowest BCUT2D eigenvalue weighted by atomic mass is 9.79. The van der Waals surface area contributed by atoms with Crippen LogP contribution in [0.25, 0.3) is 0 Å². The number of likely N-dealkylation sites (tertiary alicyclic amines) is 1. The molecule has 1 aliphatic rings. The van der Waals surface area contributed by atoms with Crippen LogP contribution in [0.2, 0.25) is 5.02 Å². The van der Waals surface area contributed by atoms with Crippen molar-refractivity contribution in [2.75, 3.05) is 13.1 Å². The number of aromatic nitrogens is 1. The van der Waals surface area contributed by atoms with Gasteiger partial charge < -0.3 is 15.6 Å². The van der Waals surface area contributed by atoms with Crippen molar-refractivity contribution < 1.29 is 9.18 Å². The molecule has 1 aliphatic heterocycles. The fourth-order valence-corrected chi connectivity index (χ4v) is 2.64. The van der Waals surface area contributed by atoms with E-state index in [1.165, 1.54) is 17.2 Å². The van der Waals surface area contributed by atoms with E-state index in [9.17, 15) is 9.59 Å². The maximum atomic E-state index is 15.1. The zero-order valence-corrected chi connectivity index (χ0v) is 11.2. The van der Waals surface area contributed by atoms with Gasteiger partial charge in [0.25, 0.3) is 5.56 Å². The summed E-state index contributed by atoms with van der Waals surface area (Å²) in [5.41, 5.74) is 2.90. The van der Waals surface area contributed by atoms with Crippen molar-refractivity contribution in [3.8, 4) is 0 Å². The first-order valence-corrected chi connectivity index (χ1v) is 6.34. The minimum Gasteiger partial charge on any atom is -0.351 e. The van der Waals surface area contributed by atoms with Gasteiger partial charge in [0.05, 0.1) is 10.6 Å². The van der Waals surface area contributed by atoms with Crippen LogP contribution in [0.15, 0.2) is 17.1 Å². The number of primary amides is 1. The van der Waals surface area contributed by atoms with Gasteiger partial charge in [-0.15, -0.1) is 0 Å². The number of hydrogen-bond acceptors (Lipinski definition) is 2. The molecule has 0 saturated carbocycles. The smallest absolute Gasteiger partial charge is 0.314 e. The maximum Gasteiger partial charge on any atom is 0.314 e. The van der Waals surface area contributed by atoms with E-state index in [4.69, 9.17) is 17.3 Å². The van der Waals surface area contributed by atoms with E-state index in [0.29, 0.717) is 0 Å². The van der Waals surface area contributed by atoms with Crippen LogP contribution in [0.3, 0.4) is 0 Å². The molecule has 2 amide bonds. The Morgan fingerprint density at radius 2 is 2.37 bits per heavy atom. The summed E-state index contributed by atoms with van der Waals surface area (Å²) in [4.78, 5) is 26.7. The Hall–Kier alpha value is -1.56. The van der Waals surface area contributed by atoms with Gasteiger partial charge in [0.1, 0.15) is 5.67 Å². The molecule has 0 spiro atoms. The zero-order chi connectivity index (χ0) is 14.2. The van der Waals surface area contributed by atoms with Crippen molar-refractivity contribution in [2.24, 2.45) is 11.7 Å². The Morgan fingerprint density at radius 1 is 1.68 bits per heavy atom. The summed E-state index contributed by atoms with van der Waals surface area (Å²) >= 11 is 5.80. The van der Waals surface area contributed by atoms with Crippen molar-refractivity contribution >= 4 is 17.6 Å². The number of nitrogens with one attached hydrogen (secondary N) is 1. The summed E-state index contributed by atoms with van der Waals surface area (Å²) in [6.07, 6.45) is 1.35. The zero-order valence-electron chi connectivity index (χ0n) is 10.5. The normalized spacial score (nSPS) is 27.3. The number of nitrogens with zero attached hydrogens (tertiary/aromatic N) is 1. The molecule has 1 aromatic heterocycles. The highest BCUT2D eigenvalue weighted by atomic mass is 35.5. The van der Waals surface area contributed by atoms with Gasteiger partial charge in [0, 0.05) is 31.6 Å². The van der Waals surface area contributed by atoms with Crippen molar-refractivity contribution in [1.29, 1.82) is 0 Å². The molecule has 2 heterocycles. The topological polar surface area (TPSA) is 79.2 Å². The van der Waals surface area contributed by atoms with Crippen LogP contribution in [-0.4, -0.2) is 29.0 Å². The molecule has 0 aliphatic carbocycles. The number of urea groups is 1. The number of alkyl halides is 1. The summed E-state index contributed by atoms with van der Waals surface area (Å²) in [6.45, 7) is 2.01. The van der Waals surface area contributed by atoms with Crippen LogP contribution in [0.1, 0.15) is 18.9 Å². The molecule has 7 heteroatoms. The SMILES string of the molecule is C[C@H]1CN(C(N)=O)CC[C@]1(F)c1cc(Cl)c[nH]c1=O. The summed E-state index contributed by atoms with van der Waals surface area (Å²) in [7, 11) is 0. The minimum absolute atomic E-state index is 0.0108. The molecule has 5 nitrogen and oxygen atoms in total. The highest BCUT2D eigenvalue weighted by Crippen LogP contribution is 2.40. The molecule has 0 bridgehead atoms. The monoisotopic (exact) mass is 287 g/mol. The molecule has 1 fully saturated rings. The first-order valence-electron chi connectivity index (χ1n) is 5.96. The number of carbonyl (C=O) groups is 1. The predicted molar refractivity (Wildman–Crippen MR) is 69.8 cm³/mol. The molecular weight excluding hydrogens is 273 g/mol. The first-order chi connectivity index (χ1) is 8.84. The molecule has 2 rings (SSSR count). The molecule has 3 N–H and O–H groups in total. The molecule has 0 unspecified atom stereocenters. The molecule has 19 heavy (non-hydrogen) atoms. The van der Waals surface area contributed by atoms with Gasteiger partial charge in [-0.2, -0.15) is 0 Å². The van der Waals surface area contributed by atoms with Gasteiger partial charge in [-0.25, -0.2) is 9.18 Å². The fraction of sp³-hybridized carbons (Fsp3) is 0.500. The third-order valence-electron chi connectivity index (χ3n) is 3.65. The van der Waals surface area contributed by atoms with Crippen LogP contribution < -0.4 is 11.3 Å². The summed E-state index contributed by atoms with van der Waals surface area (Å²) in [5.74, 6) is -0.534. The Labute approximate surface area is 114 Å². The minimum atomic E-state index is -1.80. The molecule has 1 saturated heterocycles. The predicted octanol–water partition coefficient (Wildman–Crippen LogP) is 1.61. The highest BCUT2D eigenvalue weighted by Gasteiger charge is 2.45. The third kappa shape index (κ3) is 2.45. The van der Waals surface area contributed by atoms with Crippen molar-refractivity contribution in [3.63, 3.8) is 0 Å². The number of nitrogens with two attached hydrogens (primary N) is 1. The molecule has 0 radical (unpaired) electrons. The number of halogens is 2. The van der Waals surface area contributed by atoms with Gasteiger partial charge in [0.15, 0.2) is 0 Å². The van der Waals surface area contributed by atoms with Gasteiger partial charge in [0.2, 0.25) is 0 Å². The standard InChI is InChI=1S/C12H15ClFN3O2/c1-7-6-17(11(15)19)3-2-12(7,14)9-4-8(13)5-16-10(9)18/h4-5,7H,2-3,6H2,1H3,(H2,15,19)(H,16,18)/t7-,12+/m0/s1. The number of rotatable bonds is 1. The quantitative estimate of drug-likeness (QED) is 0.823. The molecule has 0 aromatic carbocycles.